The Bertz CT molecular complexity index is 719. The van der Waals surface area contributed by atoms with Crippen LogP contribution in [-0.2, 0) is 16.5 Å². The summed E-state index contributed by atoms with van der Waals surface area (Å²) in [5, 5.41) is 0. The van der Waals surface area contributed by atoms with E-state index in [1.807, 2.05) is 13.8 Å². The van der Waals surface area contributed by atoms with Crippen molar-refractivity contribution in [3.05, 3.63) is 35.4 Å². The van der Waals surface area contributed by atoms with Gasteiger partial charge in [0.1, 0.15) is 12.5 Å². The van der Waals surface area contributed by atoms with Gasteiger partial charge in [-0.15, -0.1) is 0 Å². The van der Waals surface area contributed by atoms with Gasteiger partial charge in [-0.2, -0.15) is 0 Å². The lowest BCUT2D eigenvalue weighted by Gasteiger charge is -2.42. The highest BCUT2D eigenvalue weighted by Gasteiger charge is 2.34. The van der Waals surface area contributed by atoms with Crippen molar-refractivity contribution in [1.82, 2.24) is 4.90 Å². The number of carbonyl (C=O) groups is 1. The van der Waals surface area contributed by atoms with Crippen LogP contribution in [0.3, 0.4) is 0 Å². The third-order valence-electron chi connectivity index (χ3n) is 9.06. The van der Waals surface area contributed by atoms with Gasteiger partial charge >= 0.3 is 0 Å². The Morgan fingerprint density at radius 3 is 2.52 bits per heavy atom. The lowest BCUT2D eigenvalue weighted by Crippen LogP contribution is -2.35. The monoisotopic (exact) mass is 423 g/mol. The predicted octanol–water partition coefficient (Wildman–Crippen LogP) is 6.54. The average Bonchev–Trinajstić information content (AvgIpc) is 2.75. The number of hydrogen-bond donors (Lipinski definition) is 0. The number of Topliss-reactive ketones (excluding diaryl/α,β-unsaturated/α-hetero) is 1. The van der Waals surface area contributed by atoms with Crippen molar-refractivity contribution < 1.29 is 4.79 Å². The molecule has 1 aliphatic heterocycles. The molecule has 4 rings (SSSR count). The molecule has 2 bridgehead atoms. The molecule has 1 aromatic rings. The van der Waals surface area contributed by atoms with Crippen LogP contribution in [0.2, 0.25) is 12.6 Å². The van der Waals surface area contributed by atoms with Crippen LogP contribution in [-0.4, -0.2) is 37.5 Å². The second-order valence-electron chi connectivity index (χ2n) is 11.7. The Labute approximate surface area is 192 Å². The number of ketones is 1. The number of carbonyl (C=O) groups excluding carboxylic acids is 1. The van der Waals surface area contributed by atoms with Gasteiger partial charge < -0.3 is 4.90 Å². The van der Waals surface area contributed by atoms with Gasteiger partial charge in [0.05, 0.1) is 0 Å². The first-order chi connectivity index (χ1) is 14.7. The fourth-order valence-electron chi connectivity index (χ4n) is 6.12. The minimum Gasteiger partial charge on any atom is -0.308 e. The zero-order valence-electron chi connectivity index (χ0n) is 21.1. The van der Waals surface area contributed by atoms with Crippen LogP contribution in [0, 0.1) is 23.7 Å². The van der Waals surface area contributed by atoms with E-state index in [1.54, 1.807) is 13.3 Å². The lowest BCUT2D eigenvalue weighted by molar-refractivity contribution is -0.121. The van der Waals surface area contributed by atoms with Gasteiger partial charge in [0.15, 0.2) is 0 Å². The molecule has 0 N–H and O–H groups in total. The van der Waals surface area contributed by atoms with E-state index >= 15 is 0 Å². The molecule has 1 heterocycles. The molecule has 1 saturated heterocycles. The van der Waals surface area contributed by atoms with E-state index in [0.717, 1.165) is 42.3 Å². The molecule has 0 aromatic heterocycles. The van der Waals surface area contributed by atoms with Crippen LogP contribution in [0.5, 0.6) is 0 Å². The molecular formula is C28H46BNO. The Morgan fingerprint density at radius 2 is 1.84 bits per heavy atom. The fraction of sp³-hybridized carbons (Fsp3) is 0.750. The van der Waals surface area contributed by atoms with E-state index in [2.05, 4.69) is 50.1 Å². The summed E-state index contributed by atoms with van der Waals surface area (Å²) in [7, 11) is 2.20. The molecule has 1 aromatic carbocycles. The van der Waals surface area contributed by atoms with Gasteiger partial charge in [0, 0.05) is 5.41 Å². The molecule has 0 amide bonds. The molecule has 0 radical (unpaired) electrons. The van der Waals surface area contributed by atoms with Gasteiger partial charge in [-0.05, 0) is 89.3 Å². The molecule has 0 spiro atoms. The largest absolute Gasteiger partial charge is 0.308 e. The van der Waals surface area contributed by atoms with E-state index in [-0.39, 0.29) is 11.2 Å². The third kappa shape index (κ3) is 6.47. The van der Waals surface area contributed by atoms with Gasteiger partial charge in [0.2, 0.25) is 0 Å². The first-order valence-electron chi connectivity index (χ1n) is 13.0. The van der Waals surface area contributed by atoms with E-state index in [9.17, 15) is 4.79 Å². The predicted molar refractivity (Wildman–Crippen MR) is 135 cm³/mol. The number of fused-ring (bicyclic) bond motifs is 2. The minimum atomic E-state index is -0.372. The van der Waals surface area contributed by atoms with Crippen molar-refractivity contribution in [2.75, 3.05) is 20.1 Å². The van der Waals surface area contributed by atoms with Gasteiger partial charge in [-0.3, -0.25) is 4.79 Å². The standard InChI is InChI=1S/C17H26BNO.C11H20/c1-14(20)17(2,3)16-7-5-6-15(12-16)13-18-8-10-19(4)11-9-18;1-8-6-10-4-3-5-11(7-10)9(8)2/h5-7,12H,8-11,13H2,1-4H3;8-11H,3-7H2,1-2H3. The molecule has 31 heavy (non-hydrogen) atoms. The maximum Gasteiger partial charge on any atom is 0.147 e. The highest BCUT2D eigenvalue weighted by molar-refractivity contribution is 6.58. The molecule has 2 nitrogen and oxygen atoms in total. The summed E-state index contributed by atoms with van der Waals surface area (Å²) in [6, 6.07) is 8.63. The maximum atomic E-state index is 11.8. The molecular weight excluding hydrogens is 377 g/mol. The summed E-state index contributed by atoms with van der Waals surface area (Å²) >= 11 is 0. The molecule has 4 atom stereocenters. The van der Waals surface area contributed by atoms with Crippen molar-refractivity contribution in [1.29, 1.82) is 0 Å². The van der Waals surface area contributed by atoms with Crippen molar-refractivity contribution in [3.8, 4) is 0 Å². The second kappa shape index (κ2) is 10.7. The third-order valence-corrected chi connectivity index (χ3v) is 9.06. The summed E-state index contributed by atoms with van der Waals surface area (Å²) in [6.45, 7) is 13.9. The SMILES string of the molecule is CC(=O)C(C)(C)c1cccc(CB2CCN(C)CC2)c1.CC1CC2CCCC(C2)C1C. The normalized spacial score (nSPS) is 29.2. The van der Waals surface area contributed by atoms with Crippen LogP contribution in [0.4, 0.5) is 0 Å². The van der Waals surface area contributed by atoms with E-state index in [0.29, 0.717) is 0 Å². The minimum absolute atomic E-state index is 0.231. The van der Waals surface area contributed by atoms with Crippen LogP contribution in [0.25, 0.3) is 0 Å². The first-order valence-corrected chi connectivity index (χ1v) is 13.0. The summed E-state index contributed by atoms with van der Waals surface area (Å²) < 4.78 is 0. The molecule has 3 fully saturated rings. The molecule has 4 unspecified atom stereocenters. The van der Waals surface area contributed by atoms with Crippen molar-refractivity contribution in [3.63, 3.8) is 0 Å². The van der Waals surface area contributed by atoms with Crippen molar-refractivity contribution in [2.24, 2.45) is 23.7 Å². The second-order valence-corrected chi connectivity index (χ2v) is 11.7. The highest BCUT2D eigenvalue weighted by Crippen LogP contribution is 2.45. The van der Waals surface area contributed by atoms with E-state index in [1.165, 1.54) is 57.0 Å². The molecule has 3 aliphatic rings. The molecule has 172 valence electrons. The topological polar surface area (TPSA) is 20.3 Å². The van der Waals surface area contributed by atoms with E-state index in [4.69, 9.17) is 0 Å². The van der Waals surface area contributed by atoms with Crippen LogP contribution < -0.4 is 0 Å². The van der Waals surface area contributed by atoms with Crippen molar-refractivity contribution >= 4 is 12.5 Å². The zero-order valence-corrected chi connectivity index (χ0v) is 21.1. The van der Waals surface area contributed by atoms with Gasteiger partial charge in [-0.25, -0.2) is 0 Å². The summed E-state index contributed by atoms with van der Waals surface area (Å²) in [5.74, 6) is 4.47. The van der Waals surface area contributed by atoms with E-state index < -0.39 is 0 Å². The fourth-order valence-corrected chi connectivity index (χ4v) is 6.12. The molecule has 2 saturated carbocycles. The quantitative estimate of drug-likeness (QED) is 0.512. The number of rotatable bonds is 4. The smallest absolute Gasteiger partial charge is 0.147 e. The van der Waals surface area contributed by atoms with Crippen molar-refractivity contribution in [2.45, 2.75) is 91.1 Å². The molecule has 2 aliphatic carbocycles. The van der Waals surface area contributed by atoms with Gasteiger partial charge in [0.25, 0.3) is 0 Å². The number of nitrogens with zero attached hydrogens (tertiary/aromatic N) is 1. The Morgan fingerprint density at radius 1 is 1.13 bits per heavy atom. The Hall–Kier alpha value is -1.09. The maximum absolute atomic E-state index is 11.8. The van der Waals surface area contributed by atoms with Gasteiger partial charge in [-0.1, -0.05) is 75.6 Å². The summed E-state index contributed by atoms with van der Waals surface area (Å²) in [5.41, 5.74) is 2.16. The summed E-state index contributed by atoms with van der Waals surface area (Å²) in [4.78, 5) is 14.2. The first kappa shape index (κ1) is 24.6. The Kier molecular flexibility index (Phi) is 8.47. The molecule has 3 heteroatoms. The van der Waals surface area contributed by atoms with Crippen LogP contribution in [0.1, 0.15) is 77.8 Å². The summed E-state index contributed by atoms with van der Waals surface area (Å²) in [6.07, 6.45) is 11.4. The number of hydrogen-bond acceptors (Lipinski definition) is 2. The average molecular weight is 423 g/mol. The zero-order chi connectivity index (χ0) is 22.6. The van der Waals surface area contributed by atoms with Crippen LogP contribution in [0.15, 0.2) is 24.3 Å². The Balaban J connectivity index is 0.000000207. The lowest BCUT2D eigenvalue weighted by atomic mass is 9.40. The van der Waals surface area contributed by atoms with Crippen LogP contribution >= 0.6 is 0 Å². The number of benzene rings is 1. The highest BCUT2D eigenvalue weighted by atomic mass is 16.1.